The molecule has 7 heteroatoms. The Bertz CT molecular complexity index is 283. The number of rotatable bonds is 4. The summed E-state index contributed by atoms with van der Waals surface area (Å²) in [6, 6.07) is -0.687. The van der Waals surface area contributed by atoms with Gasteiger partial charge in [-0.05, 0) is 32.2 Å². The van der Waals surface area contributed by atoms with E-state index in [1.54, 1.807) is 6.92 Å². The molecular weight excluding hydrogens is 247 g/mol. The first-order valence-corrected chi connectivity index (χ1v) is 6.20. The van der Waals surface area contributed by atoms with Gasteiger partial charge in [0, 0.05) is 12.6 Å². The highest BCUT2D eigenvalue weighted by Gasteiger charge is 2.34. The first-order valence-electron chi connectivity index (χ1n) is 6.20. The maximum absolute atomic E-state index is 12.1. The average Bonchev–Trinajstić information content (AvgIpc) is 2.74. The van der Waals surface area contributed by atoms with Crippen LogP contribution in [-0.2, 0) is 0 Å². The minimum Gasteiger partial charge on any atom is -0.330 e. The van der Waals surface area contributed by atoms with Crippen molar-refractivity contribution >= 4 is 6.03 Å². The normalized spacial score (nSPS) is 24.1. The molecule has 0 aromatic carbocycles. The number of nitrogens with one attached hydrogen (secondary N) is 1. The highest BCUT2D eigenvalue weighted by Crippen LogP contribution is 2.29. The second-order valence-electron chi connectivity index (χ2n) is 4.55. The first kappa shape index (κ1) is 15.1. The smallest absolute Gasteiger partial charge is 0.330 e. The summed E-state index contributed by atoms with van der Waals surface area (Å²) in [5.74, 6) is 0.196. The molecular formula is C11H20F3N3O. The SMILES string of the molecule is CCN(C(=O)NCC(F)(F)F)C1CCCC1CN. The molecule has 18 heavy (non-hydrogen) atoms. The quantitative estimate of drug-likeness (QED) is 0.814. The molecule has 1 fully saturated rings. The monoisotopic (exact) mass is 267 g/mol. The number of carbonyl (C=O) groups is 1. The fourth-order valence-corrected chi connectivity index (χ4v) is 2.51. The fourth-order valence-electron chi connectivity index (χ4n) is 2.51. The largest absolute Gasteiger partial charge is 0.405 e. The van der Waals surface area contributed by atoms with Crippen LogP contribution in [-0.4, -0.2) is 42.8 Å². The van der Waals surface area contributed by atoms with E-state index in [1.807, 2.05) is 5.32 Å². The summed E-state index contributed by atoms with van der Waals surface area (Å²) in [6.07, 6.45) is -1.66. The predicted molar refractivity (Wildman–Crippen MR) is 62.0 cm³/mol. The number of nitrogens with zero attached hydrogens (tertiary/aromatic N) is 1. The topological polar surface area (TPSA) is 58.4 Å². The van der Waals surface area contributed by atoms with Crippen LogP contribution in [0, 0.1) is 5.92 Å². The van der Waals surface area contributed by atoms with Crippen LogP contribution in [0.5, 0.6) is 0 Å². The van der Waals surface area contributed by atoms with Gasteiger partial charge < -0.3 is 16.0 Å². The number of alkyl halides is 3. The zero-order valence-electron chi connectivity index (χ0n) is 10.5. The van der Waals surface area contributed by atoms with Crippen molar-refractivity contribution < 1.29 is 18.0 Å². The average molecular weight is 267 g/mol. The zero-order chi connectivity index (χ0) is 13.8. The summed E-state index contributed by atoms with van der Waals surface area (Å²) in [7, 11) is 0. The molecule has 1 saturated carbocycles. The minimum absolute atomic E-state index is 0.0340. The molecule has 2 atom stereocenters. The summed E-state index contributed by atoms with van der Waals surface area (Å²) in [5.41, 5.74) is 5.62. The third-order valence-corrected chi connectivity index (χ3v) is 3.36. The van der Waals surface area contributed by atoms with Crippen LogP contribution >= 0.6 is 0 Å². The molecule has 1 rings (SSSR count). The van der Waals surface area contributed by atoms with Gasteiger partial charge in [0.1, 0.15) is 6.54 Å². The van der Waals surface area contributed by atoms with Gasteiger partial charge in [0.2, 0.25) is 0 Å². The van der Waals surface area contributed by atoms with Gasteiger partial charge in [0.05, 0.1) is 0 Å². The molecule has 3 N–H and O–H groups in total. The van der Waals surface area contributed by atoms with Crippen LogP contribution in [0.1, 0.15) is 26.2 Å². The Kier molecular flexibility index (Phi) is 5.25. The van der Waals surface area contributed by atoms with Crippen molar-refractivity contribution in [1.82, 2.24) is 10.2 Å². The summed E-state index contributed by atoms with van der Waals surface area (Å²) in [4.78, 5) is 13.2. The van der Waals surface area contributed by atoms with Crippen molar-refractivity contribution in [3.05, 3.63) is 0 Å². The van der Waals surface area contributed by atoms with E-state index in [-0.39, 0.29) is 12.0 Å². The zero-order valence-corrected chi connectivity index (χ0v) is 10.5. The van der Waals surface area contributed by atoms with E-state index < -0.39 is 18.8 Å². The molecule has 1 aliphatic rings. The molecule has 0 bridgehead atoms. The molecule has 0 aromatic heterocycles. The number of nitrogens with two attached hydrogens (primary N) is 1. The number of hydrogen-bond acceptors (Lipinski definition) is 2. The molecule has 2 amide bonds. The second-order valence-corrected chi connectivity index (χ2v) is 4.55. The molecule has 2 unspecified atom stereocenters. The molecule has 106 valence electrons. The molecule has 0 aromatic rings. The van der Waals surface area contributed by atoms with Gasteiger partial charge in [0.25, 0.3) is 0 Å². The fraction of sp³-hybridized carbons (Fsp3) is 0.909. The number of carbonyl (C=O) groups excluding carboxylic acids is 1. The summed E-state index contributed by atoms with van der Waals surface area (Å²) >= 11 is 0. The molecule has 0 aliphatic heterocycles. The van der Waals surface area contributed by atoms with E-state index in [4.69, 9.17) is 5.73 Å². The van der Waals surface area contributed by atoms with Crippen molar-refractivity contribution in [2.24, 2.45) is 11.7 Å². The van der Waals surface area contributed by atoms with Crippen LogP contribution < -0.4 is 11.1 Å². The molecule has 4 nitrogen and oxygen atoms in total. The van der Waals surface area contributed by atoms with Crippen molar-refractivity contribution in [1.29, 1.82) is 0 Å². The maximum Gasteiger partial charge on any atom is 0.405 e. The highest BCUT2D eigenvalue weighted by atomic mass is 19.4. The minimum atomic E-state index is -4.38. The van der Waals surface area contributed by atoms with E-state index in [0.29, 0.717) is 13.1 Å². The van der Waals surface area contributed by atoms with E-state index in [1.165, 1.54) is 4.90 Å². The van der Waals surface area contributed by atoms with Crippen LogP contribution in [0.4, 0.5) is 18.0 Å². The lowest BCUT2D eigenvalue weighted by Gasteiger charge is -2.32. The Morgan fingerprint density at radius 3 is 2.61 bits per heavy atom. The first-order chi connectivity index (χ1) is 8.39. The van der Waals surface area contributed by atoms with E-state index >= 15 is 0 Å². The van der Waals surface area contributed by atoms with E-state index in [9.17, 15) is 18.0 Å². The van der Waals surface area contributed by atoms with Gasteiger partial charge >= 0.3 is 12.2 Å². The van der Waals surface area contributed by atoms with Crippen molar-refractivity contribution in [3.8, 4) is 0 Å². The molecule has 0 heterocycles. The van der Waals surface area contributed by atoms with Crippen molar-refractivity contribution in [2.45, 2.75) is 38.4 Å². The Balaban J connectivity index is 2.57. The van der Waals surface area contributed by atoms with Crippen LogP contribution in [0.2, 0.25) is 0 Å². The molecule has 0 saturated heterocycles. The Morgan fingerprint density at radius 1 is 1.44 bits per heavy atom. The third-order valence-electron chi connectivity index (χ3n) is 3.36. The van der Waals surface area contributed by atoms with Gasteiger partial charge in [-0.15, -0.1) is 0 Å². The lowest BCUT2D eigenvalue weighted by atomic mass is 10.0. The van der Waals surface area contributed by atoms with Gasteiger partial charge in [0.15, 0.2) is 0 Å². The van der Waals surface area contributed by atoms with Crippen LogP contribution in [0.25, 0.3) is 0 Å². The highest BCUT2D eigenvalue weighted by molar-refractivity contribution is 5.74. The van der Waals surface area contributed by atoms with Crippen molar-refractivity contribution in [2.75, 3.05) is 19.6 Å². The lowest BCUT2D eigenvalue weighted by molar-refractivity contribution is -0.123. The Labute approximate surface area is 105 Å². The summed E-state index contributed by atoms with van der Waals surface area (Å²) in [5, 5.41) is 1.92. The van der Waals surface area contributed by atoms with Gasteiger partial charge in [-0.1, -0.05) is 6.42 Å². The van der Waals surface area contributed by atoms with Crippen molar-refractivity contribution in [3.63, 3.8) is 0 Å². The molecule has 1 aliphatic carbocycles. The summed E-state index contributed by atoms with van der Waals surface area (Å²) < 4.78 is 36.2. The van der Waals surface area contributed by atoms with Crippen LogP contribution in [0.15, 0.2) is 0 Å². The molecule has 0 radical (unpaired) electrons. The number of halogens is 3. The van der Waals surface area contributed by atoms with Crippen LogP contribution in [0.3, 0.4) is 0 Å². The van der Waals surface area contributed by atoms with Gasteiger partial charge in [-0.2, -0.15) is 13.2 Å². The van der Waals surface area contributed by atoms with E-state index in [0.717, 1.165) is 19.3 Å². The number of urea groups is 1. The third kappa shape index (κ3) is 4.04. The van der Waals surface area contributed by atoms with E-state index in [2.05, 4.69) is 0 Å². The van der Waals surface area contributed by atoms with Gasteiger partial charge in [-0.25, -0.2) is 4.79 Å². The second kappa shape index (κ2) is 6.26. The Hall–Kier alpha value is -0.980. The number of amides is 2. The summed E-state index contributed by atoms with van der Waals surface area (Å²) in [6.45, 7) is 1.33. The predicted octanol–water partition coefficient (Wildman–Crippen LogP) is 1.71. The standard InChI is InChI=1S/C11H20F3N3O/c1-2-17(9-5-3-4-8(9)6-15)10(18)16-7-11(12,13)14/h8-9H,2-7,15H2,1H3,(H,16,18). The van der Waals surface area contributed by atoms with Gasteiger partial charge in [-0.3, -0.25) is 0 Å². The number of hydrogen-bond donors (Lipinski definition) is 2. The molecule has 0 spiro atoms. The lowest BCUT2D eigenvalue weighted by Crippen LogP contribution is -2.50. The maximum atomic E-state index is 12.1. The Morgan fingerprint density at radius 2 is 2.11 bits per heavy atom.